The number of nitrogens with zero attached hydrogens (tertiary/aromatic N) is 1. The largest absolute Gasteiger partial charge is 0.340 e. The third-order valence-electron chi connectivity index (χ3n) is 5.87. The Morgan fingerprint density at radius 3 is 2.62 bits per heavy atom. The molecule has 26 heavy (non-hydrogen) atoms. The Morgan fingerprint density at radius 1 is 1.08 bits per heavy atom. The van der Waals surface area contributed by atoms with Gasteiger partial charge in [0, 0.05) is 23.1 Å². The minimum absolute atomic E-state index is 0.575. The highest BCUT2D eigenvalue weighted by Gasteiger charge is 2.21. The van der Waals surface area contributed by atoms with Crippen molar-refractivity contribution in [1.82, 2.24) is 4.57 Å². The number of fused-ring (bicyclic) bond motifs is 3. The number of allylic oxidation sites excluding steroid dienone is 1. The van der Waals surface area contributed by atoms with E-state index < -0.39 is 0 Å². The zero-order valence-corrected chi connectivity index (χ0v) is 16.3. The number of aryl methyl sites for hydroxylation is 1. The second-order valence-corrected chi connectivity index (χ2v) is 8.09. The average Bonchev–Trinajstić information content (AvgIpc) is 2.95. The lowest BCUT2D eigenvalue weighted by atomic mass is 9.93. The van der Waals surface area contributed by atoms with Crippen LogP contribution < -0.4 is 0 Å². The minimum atomic E-state index is 0.575. The van der Waals surface area contributed by atoms with Crippen LogP contribution in [-0.2, 0) is 19.4 Å². The van der Waals surface area contributed by atoms with Crippen LogP contribution in [0.4, 0.5) is 0 Å². The molecule has 4 rings (SSSR count). The molecule has 134 valence electrons. The summed E-state index contributed by atoms with van der Waals surface area (Å²) in [5, 5.41) is 1.48. The molecule has 0 unspecified atom stereocenters. The Hall–Kier alpha value is -2.28. The average molecular weight is 344 g/mol. The van der Waals surface area contributed by atoms with Gasteiger partial charge in [0.2, 0.25) is 0 Å². The van der Waals surface area contributed by atoms with Crippen LogP contribution in [0.3, 0.4) is 0 Å². The molecule has 2 aromatic carbocycles. The van der Waals surface area contributed by atoms with Crippen molar-refractivity contribution in [2.24, 2.45) is 0 Å². The van der Waals surface area contributed by atoms with Gasteiger partial charge in [-0.3, -0.25) is 0 Å². The summed E-state index contributed by atoms with van der Waals surface area (Å²) in [5.74, 6) is 0.575. The highest BCUT2D eigenvalue weighted by Crippen LogP contribution is 2.35. The highest BCUT2D eigenvalue weighted by atomic mass is 15.0. The van der Waals surface area contributed by atoms with Crippen LogP contribution in [0.2, 0.25) is 0 Å². The number of aromatic nitrogens is 1. The summed E-state index contributed by atoms with van der Waals surface area (Å²) in [5.41, 5.74) is 9.82. The van der Waals surface area contributed by atoms with Crippen molar-refractivity contribution in [1.29, 1.82) is 0 Å². The molecule has 0 atom stereocenters. The second kappa shape index (κ2) is 6.79. The normalized spacial score (nSPS) is 14.0. The van der Waals surface area contributed by atoms with Gasteiger partial charge in [0.25, 0.3) is 0 Å². The first-order valence-corrected chi connectivity index (χ1v) is 9.94. The van der Waals surface area contributed by atoms with Gasteiger partial charge in [0.1, 0.15) is 0 Å². The van der Waals surface area contributed by atoms with E-state index in [-0.39, 0.29) is 0 Å². The molecule has 0 N–H and O–H groups in total. The first-order valence-electron chi connectivity index (χ1n) is 9.94. The molecule has 3 aromatic rings. The predicted molar refractivity (Wildman–Crippen MR) is 113 cm³/mol. The van der Waals surface area contributed by atoms with Gasteiger partial charge in [0.05, 0.1) is 0 Å². The van der Waals surface area contributed by atoms with Crippen LogP contribution in [0.5, 0.6) is 0 Å². The maximum atomic E-state index is 4.19. The molecule has 1 heterocycles. The summed E-state index contributed by atoms with van der Waals surface area (Å²) >= 11 is 0. The first-order chi connectivity index (χ1) is 12.6. The molecule has 1 nitrogen and oxygen atoms in total. The van der Waals surface area contributed by atoms with Gasteiger partial charge in [0.15, 0.2) is 0 Å². The van der Waals surface area contributed by atoms with Crippen molar-refractivity contribution < 1.29 is 0 Å². The number of rotatable bonds is 4. The Labute approximate surface area is 157 Å². The summed E-state index contributed by atoms with van der Waals surface area (Å²) in [7, 11) is 0. The first kappa shape index (κ1) is 17.1. The zero-order valence-electron chi connectivity index (χ0n) is 16.3. The van der Waals surface area contributed by atoms with Crippen molar-refractivity contribution in [2.75, 3.05) is 0 Å². The monoisotopic (exact) mass is 343 g/mol. The molecular formula is C25H29N. The molecule has 1 aliphatic rings. The lowest BCUT2D eigenvalue weighted by Crippen LogP contribution is -2.10. The quantitative estimate of drug-likeness (QED) is 0.495. The molecule has 0 saturated carbocycles. The topological polar surface area (TPSA) is 4.93 Å². The summed E-state index contributed by atoms with van der Waals surface area (Å²) in [6.07, 6.45) is 5.06. The number of benzene rings is 2. The Morgan fingerprint density at radius 2 is 1.85 bits per heavy atom. The van der Waals surface area contributed by atoms with Crippen molar-refractivity contribution in [3.05, 3.63) is 77.0 Å². The third kappa shape index (κ3) is 2.90. The molecule has 0 radical (unpaired) electrons. The van der Waals surface area contributed by atoms with Crippen molar-refractivity contribution in [2.45, 2.75) is 58.9 Å². The third-order valence-corrected chi connectivity index (χ3v) is 5.87. The maximum absolute atomic E-state index is 4.19. The molecule has 1 heteroatoms. The molecule has 0 spiro atoms. The van der Waals surface area contributed by atoms with Crippen LogP contribution in [0.1, 0.15) is 67.5 Å². The van der Waals surface area contributed by atoms with Crippen LogP contribution in [0.15, 0.2) is 49.0 Å². The van der Waals surface area contributed by atoms with Gasteiger partial charge in [-0.25, -0.2) is 0 Å². The van der Waals surface area contributed by atoms with E-state index >= 15 is 0 Å². The van der Waals surface area contributed by atoms with E-state index in [2.05, 4.69) is 74.4 Å². The number of hydrogen-bond donors (Lipinski definition) is 0. The lowest BCUT2D eigenvalue weighted by Gasteiger charge is -2.17. The standard InChI is InChI=1S/C25H29N/c1-17(2)19-13-14-25-23(15-19)22-11-7-8-12-24(22)26(25)16-20-9-5-6-10-21(20)18(3)4/h5-6,9-10,13-15,17H,3,7-8,11-12,16H2,1-2,4H3. The van der Waals surface area contributed by atoms with Crippen LogP contribution >= 0.6 is 0 Å². The van der Waals surface area contributed by atoms with Crippen molar-refractivity contribution in [3.63, 3.8) is 0 Å². The van der Waals surface area contributed by atoms with Gasteiger partial charge < -0.3 is 4.57 Å². The van der Waals surface area contributed by atoms with Gasteiger partial charge in [-0.15, -0.1) is 0 Å². The highest BCUT2D eigenvalue weighted by molar-refractivity contribution is 5.87. The van der Waals surface area contributed by atoms with E-state index in [0.717, 1.165) is 12.1 Å². The number of hydrogen-bond acceptors (Lipinski definition) is 0. The molecule has 0 aliphatic heterocycles. The minimum Gasteiger partial charge on any atom is -0.340 e. The Balaban J connectivity index is 1.89. The summed E-state index contributed by atoms with van der Waals surface area (Å²) < 4.78 is 2.58. The van der Waals surface area contributed by atoms with Crippen LogP contribution in [0.25, 0.3) is 16.5 Å². The van der Waals surface area contributed by atoms with Gasteiger partial charge in [-0.2, -0.15) is 0 Å². The smallest absolute Gasteiger partial charge is 0.0488 e. The van der Waals surface area contributed by atoms with Crippen molar-refractivity contribution in [3.8, 4) is 0 Å². The second-order valence-electron chi connectivity index (χ2n) is 8.09. The van der Waals surface area contributed by atoms with E-state index in [1.54, 1.807) is 11.3 Å². The maximum Gasteiger partial charge on any atom is 0.0488 e. The van der Waals surface area contributed by atoms with E-state index in [9.17, 15) is 0 Å². The molecule has 0 amide bonds. The molecule has 1 aromatic heterocycles. The van der Waals surface area contributed by atoms with Gasteiger partial charge >= 0.3 is 0 Å². The molecule has 0 bridgehead atoms. The van der Waals surface area contributed by atoms with Crippen LogP contribution in [-0.4, -0.2) is 4.57 Å². The van der Waals surface area contributed by atoms with Crippen LogP contribution in [0, 0.1) is 0 Å². The molecule has 1 aliphatic carbocycles. The summed E-state index contributed by atoms with van der Waals surface area (Å²) in [4.78, 5) is 0. The summed E-state index contributed by atoms with van der Waals surface area (Å²) in [6, 6.07) is 15.8. The SMILES string of the molecule is C=C(C)c1ccccc1Cn1c2c(c3cc(C(C)C)ccc31)CCCC2. The lowest BCUT2D eigenvalue weighted by molar-refractivity contribution is 0.637. The molecule has 0 fully saturated rings. The van der Waals surface area contributed by atoms with Gasteiger partial charge in [-0.05, 0) is 72.9 Å². The zero-order chi connectivity index (χ0) is 18.3. The van der Waals surface area contributed by atoms with Crippen molar-refractivity contribution >= 4 is 16.5 Å². The predicted octanol–water partition coefficient (Wildman–Crippen LogP) is 6.72. The Bertz CT molecular complexity index is 971. The van der Waals surface area contributed by atoms with Gasteiger partial charge in [-0.1, -0.05) is 56.3 Å². The van der Waals surface area contributed by atoms with E-state index in [1.165, 1.54) is 53.3 Å². The fourth-order valence-electron chi connectivity index (χ4n) is 4.44. The van der Waals surface area contributed by atoms with E-state index in [1.807, 2.05) is 0 Å². The molecule has 0 saturated heterocycles. The fraction of sp³-hybridized carbons (Fsp3) is 0.360. The molecular weight excluding hydrogens is 314 g/mol. The summed E-state index contributed by atoms with van der Waals surface area (Å²) in [6.45, 7) is 11.8. The van der Waals surface area contributed by atoms with E-state index in [0.29, 0.717) is 5.92 Å². The Kier molecular flexibility index (Phi) is 4.48. The fourth-order valence-corrected chi connectivity index (χ4v) is 4.44. The van der Waals surface area contributed by atoms with E-state index in [4.69, 9.17) is 0 Å².